The van der Waals surface area contributed by atoms with E-state index >= 15 is 0 Å². The Hall–Kier alpha value is -2.37. The third kappa shape index (κ3) is 9.25. The van der Waals surface area contributed by atoms with Gasteiger partial charge >= 0.3 is 11.9 Å². The summed E-state index contributed by atoms with van der Waals surface area (Å²) in [6.45, 7) is 16.2. The van der Waals surface area contributed by atoms with Crippen LogP contribution in [-0.4, -0.2) is 138 Å². The third-order valence-corrected chi connectivity index (χ3v) is 12.3. The van der Waals surface area contributed by atoms with Gasteiger partial charge in [0, 0.05) is 43.7 Å². The molecule has 2 unspecified atom stereocenters. The molecule has 0 radical (unpaired) electrons. The molecule has 15 heteroatoms. The molecule has 3 saturated heterocycles. The molecular weight excluding hydrogens is 706 g/mol. The van der Waals surface area contributed by atoms with Gasteiger partial charge < -0.3 is 58.1 Å². The maximum Gasteiger partial charge on any atom is 0.311 e. The van der Waals surface area contributed by atoms with E-state index in [9.17, 15) is 29.7 Å². The summed E-state index contributed by atoms with van der Waals surface area (Å²) < 4.78 is 50.4. The lowest BCUT2D eigenvalue weighted by Crippen LogP contribution is -2.59. The summed E-state index contributed by atoms with van der Waals surface area (Å²) in [6, 6.07) is -0.172. The average Bonchev–Trinajstić information content (AvgIpc) is 3.49. The molecular formula is C39H65NO14. The van der Waals surface area contributed by atoms with Crippen LogP contribution in [0.2, 0.25) is 0 Å². The second-order valence-corrected chi connectivity index (χ2v) is 16.6. The molecule has 4 heterocycles. The van der Waals surface area contributed by atoms with E-state index in [1.54, 1.807) is 34.6 Å². The lowest BCUT2D eigenvalue weighted by Gasteiger charge is -2.48. The SMILES string of the molecule is CC[C@H]1OC(=O)[C@H](C)[C@@H](O[C@H]2C[C@@](C)(OC)[C@@H](OC=O)C(C)O2)[C@H](C)[C@@H](OC2O[C@H](C)C[C@H](N(C)C)[C@H]2CC(=O)O)[C@H]2CC(C)=C(O2)[C@H](C)[C@@H](O)[C@]1(C)O. The number of hydrogen-bond acceptors (Lipinski definition) is 14. The first-order chi connectivity index (χ1) is 25.2. The van der Waals surface area contributed by atoms with Crippen LogP contribution in [0.25, 0.3) is 0 Å². The Bertz CT molecular complexity index is 1340. The number of methoxy groups -OCH3 is 1. The first kappa shape index (κ1) is 44.3. The van der Waals surface area contributed by atoms with Gasteiger partial charge in [0.2, 0.25) is 0 Å². The fourth-order valence-corrected chi connectivity index (χ4v) is 9.13. The number of carbonyl (C=O) groups excluding carboxylic acids is 2. The van der Waals surface area contributed by atoms with Crippen molar-refractivity contribution in [2.45, 2.75) is 173 Å². The summed E-state index contributed by atoms with van der Waals surface area (Å²) in [5.41, 5.74) is -2.00. The van der Waals surface area contributed by atoms with Gasteiger partial charge in [0.25, 0.3) is 6.47 Å². The minimum Gasteiger partial charge on any atom is -0.491 e. The number of hydrogen-bond donors (Lipinski definition) is 3. The van der Waals surface area contributed by atoms with Gasteiger partial charge in [0.15, 0.2) is 18.7 Å². The highest BCUT2D eigenvalue weighted by Crippen LogP contribution is 2.44. The molecule has 54 heavy (non-hydrogen) atoms. The highest BCUT2D eigenvalue weighted by atomic mass is 16.7. The zero-order valence-electron chi connectivity index (χ0n) is 34.1. The van der Waals surface area contributed by atoms with Gasteiger partial charge in [0.05, 0.1) is 36.8 Å². The average molecular weight is 772 g/mol. The number of carboxylic acid groups (broad SMARTS) is 1. The maximum absolute atomic E-state index is 14.2. The Morgan fingerprint density at radius 1 is 1.04 bits per heavy atom. The van der Waals surface area contributed by atoms with Gasteiger partial charge in [-0.05, 0) is 74.1 Å². The predicted molar refractivity (Wildman–Crippen MR) is 194 cm³/mol. The van der Waals surface area contributed by atoms with Crippen molar-refractivity contribution in [1.82, 2.24) is 4.90 Å². The lowest BCUT2D eigenvalue weighted by molar-refractivity contribution is -0.308. The van der Waals surface area contributed by atoms with Crippen molar-refractivity contribution >= 4 is 18.4 Å². The van der Waals surface area contributed by atoms with E-state index < -0.39 is 102 Å². The van der Waals surface area contributed by atoms with Crippen molar-refractivity contribution in [3.63, 3.8) is 0 Å². The molecule has 15 nitrogen and oxygen atoms in total. The molecule has 310 valence electrons. The number of rotatable bonds is 11. The molecule has 3 N–H and O–H groups in total. The number of esters is 1. The van der Waals surface area contributed by atoms with Crippen LogP contribution >= 0.6 is 0 Å². The number of aliphatic hydroxyl groups excluding tert-OH is 1. The van der Waals surface area contributed by atoms with Crippen molar-refractivity contribution in [1.29, 1.82) is 0 Å². The summed E-state index contributed by atoms with van der Waals surface area (Å²) in [6.07, 6.45) is -7.34. The van der Waals surface area contributed by atoms with Crippen LogP contribution in [0.4, 0.5) is 0 Å². The van der Waals surface area contributed by atoms with Crippen LogP contribution in [0.1, 0.15) is 94.4 Å². The number of fused-ring (bicyclic) bond motifs is 2. The van der Waals surface area contributed by atoms with Crippen molar-refractivity contribution in [2.24, 2.45) is 23.7 Å². The number of cyclic esters (lactones) is 1. The quantitative estimate of drug-likeness (QED) is 0.205. The van der Waals surface area contributed by atoms with Crippen molar-refractivity contribution in [3.05, 3.63) is 11.3 Å². The van der Waals surface area contributed by atoms with Gasteiger partial charge in [-0.25, -0.2) is 0 Å². The van der Waals surface area contributed by atoms with E-state index in [2.05, 4.69) is 0 Å². The first-order valence-electron chi connectivity index (χ1n) is 19.3. The van der Waals surface area contributed by atoms with E-state index in [0.717, 1.165) is 5.57 Å². The van der Waals surface area contributed by atoms with Crippen molar-refractivity contribution in [3.8, 4) is 0 Å². The highest BCUT2D eigenvalue weighted by molar-refractivity contribution is 5.73. The molecule has 0 saturated carbocycles. The molecule has 17 atom stereocenters. The Morgan fingerprint density at radius 2 is 1.70 bits per heavy atom. The molecule has 0 amide bonds. The van der Waals surface area contributed by atoms with E-state index in [4.69, 9.17) is 37.9 Å². The molecule has 2 bridgehead atoms. The number of carbonyl (C=O) groups is 3. The van der Waals surface area contributed by atoms with Gasteiger partial charge in [-0.15, -0.1) is 0 Å². The van der Waals surface area contributed by atoms with E-state index in [-0.39, 0.29) is 31.4 Å². The minimum atomic E-state index is -1.85. The van der Waals surface area contributed by atoms with Crippen LogP contribution in [0.15, 0.2) is 11.3 Å². The van der Waals surface area contributed by atoms with Gasteiger partial charge in [-0.1, -0.05) is 20.8 Å². The molecule has 0 aromatic rings. The number of aliphatic hydroxyl groups is 2. The third-order valence-electron chi connectivity index (χ3n) is 12.3. The normalized spacial score (nSPS) is 45.1. The molecule has 4 aliphatic rings. The van der Waals surface area contributed by atoms with Crippen LogP contribution in [0.3, 0.4) is 0 Å². The lowest BCUT2D eigenvalue weighted by atomic mass is 9.81. The molecule has 0 spiro atoms. The largest absolute Gasteiger partial charge is 0.491 e. The van der Waals surface area contributed by atoms with E-state index in [1.165, 1.54) is 14.0 Å². The number of ether oxygens (including phenoxy) is 8. The second-order valence-electron chi connectivity index (χ2n) is 16.6. The molecule has 0 aromatic heterocycles. The monoisotopic (exact) mass is 771 g/mol. The fraction of sp³-hybridized carbons (Fsp3) is 0.872. The highest BCUT2D eigenvalue weighted by Gasteiger charge is 2.53. The number of nitrogens with zero attached hydrogens (tertiary/aromatic N) is 1. The predicted octanol–water partition coefficient (Wildman–Crippen LogP) is 3.41. The van der Waals surface area contributed by atoms with Crippen molar-refractivity contribution < 1.29 is 67.6 Å². The van der Waals surface area contributed by atoms with Crippen molar-refractivity contribution in [2.75, 3.05) is 21.2 Å². The summed E-state index contributed by atoms with van der Waals surface area (Å²) in [4.78, 5) is 39.8. The van der Waals surface area contributed by atoms with E-state index in [1.807, 2.05) is 39.8 Å². The topological polar surface area (TPSA) is 189 Å². The Labute approximate surface area is 319 Å². The van der Waals surface area contributed by atoms with E-state index in [0.29, 0.717) is 25.1 Å². The van der Waals surface area contributed by atoms with Gasteiger partial charge in [0.1, 0.15) is 35.3 Å². The van der Waals surface area contributed by atoms with Crippen LogP contribution in [0.5, 0.6) is 0 Å². The Balaban J connectivity index is 1.83. The summed E-state index contributed by atoms with van der Waals surface area (Å²) in [7, 11) is 5.32. The van der Waals surface area contributed by atoms with Gasteiger partial charge in [-0.2, -0.15) is 0 Å². The standard InChI is InChI=1S/C39H65NO14/c1-13-28-39(9,46)34(44)22(5)31-19(2)14-27(51-31)33(54-37-25(16-29(42)43)26(40(10)11)15-20(3)49-37)21(4)32(23(6)36(45)52-28)53-30-17-38(8,47-12)35(48-18-41)24(7)50-30/h18,20-28,30,32-35,37,44,46H,13-17H2,1-12H3,(H,42,43)/t20-,21+,22+,23-,24?,25-,26+,27-,28-,30+,32+,33-,34-,35+,37?,38-,39-/m1/s1. The molecule has 3 fully saturated rings. The van der Waals surface area contributed by atoms with Crippen LogP contribution in [-0.2, 0) is 52.3 Å². The first-order valence-corrected chi connectivity index (χ1v) is 19.3. The van der Waals surface area contributed by atoms with Crippen LogP contribution < -0.4 is 0 Å². The summed E-state index contributed by atoms with van der Waals surface area (Å²) in [5.74, 6) is -4.03. The zero-order valence-corrected chi connectivity index (χ0v) is 34.1. The van der Waals surface area contributed by atoms with Crippen LogP contribution in [0, 0.1) is 23.7 Å². The molecule has 0 aliphatic carbocycles. The minimum absolute atomic E-state index is 0.137. The summed E-state index contributed by atoms with van der Waals surface area (Å²) >= 11 is 0. The molecule has 4 rings (SSSR count). The second kappa shape index (κ2) is 17.8. The molecule has 0 aromatic carbocycles. The Kier molecular flexibility index (Phi) is 14.6. The number of carboxylic acids is 1. The zero-order chi connectivity index (χ0) is 40.4. The van der Waals surface area contributed by atoms with Gasteiger partial charge in [-0.3, -0.25) is 14.4 Å². The summed E-state index contributed by atoms with van der Waals surface area (Å²) in [5, 5.41) is 33.4. The smallest absolute Gasteiger partial charge is 0.311 e. The fourth-order valence-electron chi connectivity index (χ4n) is 9.13. The maximum atomic E-state index is 14.2. The Morgan fingerprint density at radius 3 is 2.28 bits per heavy atom. The molecule has 4 aliphatic heterocycles. The number of aliphatic carboxylic acids is 1.